The van der Waals surface area contributed by atoms with E-state index in [0.717, 1.165) is 0 Å². The molecule has 2 aliphatic heterocycles. The third-order valence-corrected chi connectivity index (χ3v) is 3.87. The number of rotatable bonds is 4. The van der Waals surface area contributed by atoms with Crippen LogP contribution >= 0.6 is 0 Å². The minimum Gasteiger partial charge on any atom is -0.468 e. The van der Waals surface area contributed by atoms with Gasteiger partial charge in [-0.3, -0.25) is 10.1 Å². The lowest BCUT2D eigenvalue weighted by Crippen LogP contribution is -2.41. The van der Waals surface area contributed by atoms with Crippen molar-refractivity contribution in [3.05, 3.63) is 57.9 Å². The Hall–Kier alpha value is -3.03. The molecule has 0 aromatic heterocycles. The van der Waals surface area contributed by atoms with Crippen LogP contribution in [-0.4, -0.2) is 36.3 Å². The highest BCUT2D eigenvalue weighted by molar-refractivity contribution is 5.77. The number of benzene rings is 1. The van der Waals surface area contributed by atoms with E-state index in [1.54, 1.807) is 36.1 Å². The Balaban J connectivity index is 2.14. The second-order valence-electron chi connectivity index (χ2n) is 5.28. The molecular formula is C16H17N3O5. The molecular weight excluding hydrogens is 314 g/mol. The quantitative estimate of drug-likeness (QED) is 0.478. The maximum Gasteiger partial charge on any atom is 0.294 e. The van der Waals surface area contributed by atoms with E-state index in [0.29, 0.717) is 35.3 Å². The Labute approximate surface area is 138 Å². The van der Waals surface area contributed by atoms with Crippen LogP contribution in [0.5, 0.6) is 11.5 Å². The van der Waals surface area contributed by atoms with Gasteiger partial charge in [0.2, 0.25) is 6.79 Å². The molecule has 0 radical (unpaired) electrons. The van der Waals surface area contributed by atoms with Gasteiger partial charge >= 0.3 is 0 Å². The third-order valence-electron chi connectivity index (χ3n) is 3.87. The van der Waals surface area contributed by atoms with Crippen LogP contribution in [0.15, 0.2) is 47.2 Å². The number of ether oxygens (including phenoxy) is 3. The fourth-order valence-corrected chi connectivity index (χ4v) is 2.86. The number of fused-ring (bicyclic) bond motifs is 1. The largest absolute Gasteiger partial charge is 0.468 e. The van der Waals surface area contributed by atoms with Gasteiger partial charge in [0.25, 0.3) is 11.7 Å². The van der Waals surface area contributed by atoms with Gasteiger partial charge in [0, 0.05) is 6.54 Å². The molecule has 3 rings (SSSR count). The number of hydrogen-bond acceptors (Lipinski definition) is 7. The SMILES string of the molecule is C=CCN1C(OC)=NC(C)=C([N+](=O)[O-])C1c1ccc2c(c1)OCO2. The van der Waals surface area contributed by atoms with Gasteiger partial charge < -0.3 is 19.1 Å². The average Bonchev–Trinajstić information content (AvgIpc) is 3.02. The van der Waals surface area contributed by atoms with Crippen molar-refractivity contribution in [2.75, 3.05) is 20.4 Å². The molecule has 1 aromatic carbocycles. The van der Waals surface area contributed by atoms with E-state index in [9.17, 15) is 10.1 Å². The van der Waals surface area contributed by atoms with Crippen molar-refractivity contribution in [1.29, 1.82) is 0 Å². The topological polar surface area (TPSA) is 86.4 Å². The maximum atomic E-state index is 11.7. The first-order valence-corrected chi connectivity index (χ1v) is 7.31. The Bertz CT molecular complexity index is 756. The van der Waals surface area contributed by atoms with E-state index in [1.807, 2.05) is 0 Å². The van der Waals surface area contributed by atoms with E-state index < -0.39 is 11.0 Å². The number of nitro groups is 1. The standard InChI is InChI=1S/C16H17N3O5/c1-4-7-18-15(11-5-6-12-13(8-11)24-9-23-12)14(19(20)21)10(2)17-16(18)22-3/h4-6,8,15H,1,7,9H2,2-3H3. The molecule has 0 bridgehead atoms. The molecule has 0 spiro atoms. The zero-order valence-electron chi connectivity index (χ0n) is 13.4. The molecule has 0 aliphatic carbocycles. The predicted octanol–water partition coefficient (Wildman–Crippen LogP) is 2.47. The van der Waals surface area contributed by atoms with Gasteiger partial charge in [-0.15, -0.1) is 6.58 Å². The lowest BCUT2D eigenvalue weighted by atomic mass is 9.99. The molecule has 0 fully saturated rings. The molecule has 2 heterocycles. The smallest absolute Gasteiger partial charge is 0.294 e. The van der Waals surface area contributed by atoms with Crippen LogP contribution in [0.2, 0.25) is 0 Å². The Kier molecular flexibility index (Phi) is 4.11. The van der Waals surface area contributed by atoms with Crippen LogP contribution in [0.1, 0.15) is 18.5 Å². The first kappa shape index (κ1) is 15.9. The number of allylic oxidation sites excluding steroid dienone is 1. The molecule has 1 atom stereocenters. The number of aliphatic imine (C=N–C) groups is 1. The maximum absolute atomic E-state index is 11.7. The van der Waals surface area contributed by atoms with Crippen molar-refractivity contribution in [3.8, 4) is 11.5 Å². The van der Waals surface area contributed by atoms with Gasteiger partial charge in [0.05, 0.1) is 12.0 Å². The minimum absolute atomic E-state index is 0.00323. The molecule has 0 saturated heterocycles. The average molecular weight is 331 g/mol. The van der Waals surface area contributed by atoms with Gasteiger partial charge in [-0.1, -0.05) is 12.1 Å². The van der Waals surface area contributed by atoms with Gasteiger partial charge in [-0.25, -0.2) is 0 Å². The van der Waals surface area contributed by atoms with Crippen molar-refractivity contribution in [2.24, 2.45) is 4.99 Å². The van der Waals surface area contributed by atoms with Crippen LogP contribution in [0, 0.1) is 10.1 Å². The van der Waals surface area contributed by atoms with Crippen LogP contribution in [0.3, 0.4) is 0 Å². The summed E-state index contributed by atoms with van der Waals surface area (Å²) < 4.78 is 16.0. The Morgan fingerprint density at radius 1 is 1.50 bits per heavy atom. The molecule has 126 valence electrons. The van der Waals surface area contributed by atoms with E-state index in [1.165, 1.54) is 7.11 Å². The highest BCUT2D eigenvalue weighted by Crippen LogP contribution is 2.40. The number of nitrogens with zero attached hydrogens (tertiary/aromatic N) is 3. The second-order valence-corrected chi connectivity index (χ2v) is 5.28. The summed E-state index contributed by atoms with van der Waals surface area (Å²) >= 11 is 0. The van der Waals surface area contributed by atoms with Crippen LogP contribution in [-0.2, 0) is 4.74 Å². The van der Waals surface area contributed by atoms with E-state index in [2.05, 4.69) is 11.6 Å². The van der Waals surface area contributed by atoms with Crippen LogP contribution in [0.25, 0.3) is 0 Å². The number of amidine groups is 1. The van der Waals surface area contributed by atoms with E-state index in [-0.39, 0.29) is 12.5 Å². The van der Waals surface area contributed by atoms with Gasteiger partial charge in [0.1, 0.15) is 5.70 Å². The highest BCUT2D eigenvalue weighted by Gasteiger charge is 2.40. The lowest BCUT2D eigenvalue weighted by molar-refractivity contribution is -0.435. The number of hydrogen-bond donors (Lipinski definition) is 0. The van der Waals surface area contributed by atoms with Crippen LogP contribution < -0.4 is 9.47 Å². The molecule has 24 heavy (non-hydrogen) atoms. The first-order chi connectivity index (χ1) is 11.6. The van der Waals surface area contributed by atoms with Crippen molar-refractivity contribution < 1.29 is 19.1 Å². The third kappa shape index (κ3) is 2.55. The summed E-state index contributed by atoms with van der Waals surface area (Å²) in [4.78, 5) is 17.1. The van der Waals surface area contributed by atoms with Crippen LogP contribution in [0.4, 0.5) is 0 Å². The summed E-state index contributed by atoms with van der Waals surface area (Å²) in [6.07, 6.45) is 1.65. The molecule has 1 aromatic rings. The summed E-state index contributed by atoms with van der Waals surface area (Å²) in [5.41, 5.74) is 0.993. The summed E-state index contributed by atoms with van der Waals surface area (Å²) in [6.45, 7) is 5.80. The Morgan fingerprint density at radius 2 is 2.25 bits per heavy atom. The van der Waals surface area contributed by atoms with Gasteiger partial charge in [-0.05, 0) is 24.6 Å². The zero-order chi connectivity index (χ0) is 17.3. The summed E-state index contributed by atoms with van der Waals surface area (Å²) in [7, 11) is 1.48. The summed E-state index contributed by atoms with van der Waals surface area (Å²) in [5, 5.41) is 11.7. The predicted molar refractivity (Wildman–Crippen MR) is 86.3 cm³/mol. The summed E-state index contributed by atoms with van der Waals surface area (Å²) in [5.74, 6) is 1.18. The normalized spacial score (nSPS) is 19.2. The zero-order valence-corrected chi connectivity index (χ0v) is 13.4. The van der Waals surface area contributed by atoms with Crippen molar-refractivity contribution >= 4 is 6.02 Å². The second kappa shape index (κ2) is 6.23. The van der Waals surface area contributed by atoms with Gasteiger partial charge in [-0.2, -0.15) is 4.99 Å². The molecule has 2 aliphatic rings. The fourth-order valence-electron chi connectivity index (χ4n) is 2.86. The molecule has 0 amide bonds. The molecule has 1 unspecified atom stereocenters. The molecule has 8 nitrogen and oxygen atoms in total. The molecule has 0 N–H and O–H groups in total. The first-order valence-electron chi connectivity index (χ1n) is 7.31. The Morgan fingerprint density at radius 3 is 2.92 bits per heavy atom. The molecule has 0 saturated carbocycles. The monoisotopic (exact) mass is 331 g/mol. The van der Waals surface area contributed by atoms with Crippen molar-refractivity contribution in [2.45, 2.75) is 13.0 Å². The fraction of sp³-hybridized carbons (Fsp3) is 0.312. The van der Waals surface area contributed by atoms with E-state index in [4.69, 9.17) is 14.2 Å². The highest BCUT2D eigenvalue weighted by atomic mass is 16.7. The van der Waals surface area contributed by atoms with Gasteiger partial charge in [0.15, 0.2) is 17.5 Å². The number of methoxy groups -OCH3 is 1. The molecule has 8 heteroatoms. The minimum atomic E-state index is -0.667. The lowest BCUT2D eigenvalue weighted by Gasteiger charge is -2.33. The van der Waals surface area contributed by atoms with Crippen molar-refractivity contribution in [3.63, 3.8) is 0 Å². The van der Waals surface area contributed by atoms with Crippen molar-refractivity contribution in [1.82, 2.24) is 4.90 Å². The van der Waals surface area contributed by atoms with E-state index >= 15 is 0 Å². The summed E-state index contributed by atoms with van der Waals surface area (Å²) in [6, 6.07) is 4.91.